The third-order valence-corrected chi connectivity index (χ3v) is 5.83. The van der Waals surface area contributed by atoms with Gasteiger partial charge in [0.25, 0.3) is 0 Å². The van der Waals surface area contributed by atoms with E-state index in [1.807, 2.05) is 35.6 Å². The number of halogens is 2. The molecule has 1 fully saturated rings. The average Bonchev–Trinajstić information content (AvgIpc) is 3.54. The number of rotatable bonds is 7. The van der Waals surface area contributed by atoms with Gasteiger partial charge in [-0.1, -0.05) is 0 Å². The number of ether oxygens (including phenoxy) is 2. The Kier molecular flexibility index (Phi) is 5.88. The van der Waals surface area contributed by atoms with Crippen molar-refractivity contribution < 1.29 is 19.0 Å². The molecule has 0 spiro atoms. The first-order chi connectivity index (χ1) is 14.4. The van der Waals surface area contributed by atoms with Crippen molar-refractivity contribution >= 4 is 44.9 Å². The van der Waals surface area contributed by atoms with Crippen LogP contribution >= 0.6 is 22.6 Å². The lowest BCUT2D eigenvalue weighted by Crippen LogP contribution is -2.19. The summed E-state index contributed by atoms with van der Waals surface area (Å²) in [6.45, 7) is 1.68. The van der Waals surface area contributed by atoms with Crippen LogP contribution in [0.1, 0.15) is 24.6 Å². The lowest BCUT2D eigenvalue weighted by atomic mass is 10.1. The van der Waals surface area contributed by atoms with Gasteiger partial charge in [0.15, 0.2) is 5.75 Å². The molecule has 158 valence electrons. The number of benzene rings is 2. The number of hydrogen-bond donors (Lipinski definition) is 2. The first-order valence-electron chi connectivity index (χ1n) is 9.67. The van der Waals surface area contributed by atoms with Gasteiger partial charge in [0.2, 0.25) is 5.43 Å². The zero-order valence-corrected chi connectivity index (χ0v) is 18.8. The van der Waals surface area contributed by atoms with Crippen LogP contribution < -0.4 is 20.2 Å². The van der Waals surface area contributed by atoms with Crippen molar-refractivity contribution in [2.45, 2.75) is 25.8 Å². The fourth-order valence-electron chi connectivity index (χ4n) is 3.67. The van der Waals surface area contributed by atoms with Gasteiger partial charge in [0.05, 0.1) is 41.7 Å². The molecule has 0 bridgehead atoms. The molecule has 0 unspecified atom stereocenters. The molecule has 2 aromatic carbocycles. The van der Waals surface area contributed by atoms with Crippen molar-refractivity contribution in [3.8, 4) is 11.5 Å². The number of fused-ring (bicyclic) bond motifs is 1. The number of hydrogen-bond acceptors (Lipinski definition) is 5. The second-order valence-corrected chi connectivity index (χ2v) is 8.48. The van der Waals surface area contributed by atoms with Crippen LogP contribution in [-0.2, 0) is 0 Å². The largest absolute Gasteiger partial charge is 0.497 e. The van der Waals surface area contributed by atoms with Crippen LogP contribution in [0, 0.1) is 16.3 Å². The van der Waals surface area contributed by atoms with Crippen molar-refractivity contribution in [2.24, 2.45) is 0 Å². The summed E-state index contributed by atoms with van der Waals surface area (Å²) in [5.74, 6) is 0.358. The Balaban J connectivity index is 1.99. The van der Waals surface area contributed by atoms with Crippen molar-refractivity contribution in [3.05, 3.63) is 55.6 Å². The summed E-state index contributed by atoms with van der Waals surface area (Å²) >= 11 is 2.05. The standard InChI is InChI=1S/C22H22FIN2O4/c1-12-22(30-8-7-27)21(28)20-18(25-17-6-3-13(24)9-16(17)23)10-15(29-2)11-19(20)26(12)14-4-5-14/h3,6,9-11,14,25,27H,4-5,7-8H2,1-2H3. The van der Waals surface area contributed by atoms with Gasteiger partial charge in [0, 0.05) is 21.7 Å². The molecule has 1 heterocycles. The fraction of sp³-hybridized carbons (Fsp3) is 0.318. The van der Waals surface area contributed by atoms with Crippen LogP contribution in [0.4, 0.5) is 15.8 Å². The molecule has 0 aliphatic heterocycles. The number of anilines is 2. The van der Waals surface area contributed by atoms with E-state index in [2.05, 4.69) is 9.88 Å². The van der Waals surface area contributed by atoms with E-state index in [0.717, 1.165) is 16.4 Å². The first kappa shape index (κ1) is 20.9. The molecule has 0 atom stereocenters. The van der Waals surface area contributed by atoms with E-state index in [-0.39, 0.29) is 36.1 Å². The molecule has 8 heteroatoms. The van der Waals surface area contributed by atoms with Crippen molar-refractivity contribution in [1.82, 2.24) is 4.57 Å². The Hall–Kier alpha value is -2.33. The summed E-state index contributed by atoms with van der Waals surface area (Å²) in [5.41, 5.74) is 1.83. The van der Waals surface area contributed by atoms with Gasteiger partial charge < -0.3 is 24.5 Å². The molecule has 1 aliphatic rings. The van der Waals surface area contributed by atoms with Crippen LogP contribution in [0.2, 0.25) is 0 Å². The predicted octanol–water partition coefficient (Wildman–Crippen LogP) is 4.51. The highest BCUT2D eigenvalue weighted by Gasteiger charge is 2.29. The average molecular weight is 524 g/mol. The predicted molar refractivity (Wildman–Crippen MR) is 123 cm³/mol. The molecule has 1 aliphatic carbocycles. The maximum atomic E-state index is 14.5. The van der Waals surface area contributed by atoms with E-state index in [9.17, 15) is 14.3 Å². The van der Waals surface area contributed by atoms with E-state index in [1.54, 1.807) is 25.3 Å². The minimum Gasteiger partial charge on any atom is -0.497 e. The lowest BCUT2D eigenvalue weighted by Gasteiger charge is -2.21. The minimum absolute atomic E-state index is 0.0247. The van der Waals surface area contributed by atoms with E-state index >= 15 is 0 Å². The van der Waals surface area contributed by atoms with Gasteiger partial charge in [-0.3, -0.25) is 4.79 Å². The second kappa shape index (κ2) is 8.43. The number of pyridine rings is 1. The summed E-state index contributed by atoms with van der Waals surface area (Å²) in [5, 5.41) is 12.7. The van der Waals surface area contributed by atoms with Crippen LogP contribution in [0.3, 0.4) is 0 Å². The molecule has 30 heavy (non-hydrogen) atoms. The van der Waals surface area contributed by atoms with Gasteiger partial charge >= 0.3 is 0 Å². The third kappa shape index (κ3) is 3.85. The molecule has 2 N–H and O–H groups in total. The highest BCUT2D eigenvalue weighted by molar-refractivity contribution is 14.1. The third-order valence-electron chi connectivity index (χ3n) is 5.16. The molecular weight excluding hydrogens is 502 g/mol. The zero-order chi connectivity index (χ0) is 21.4. The number of aliphatic hydroxyl groups is 1. The summed E-state index contributed by atoms with van der Waals surface area (Å²) in [6, 6.07) is 8.63. The molecule has 4 rings (SSSR count). The minimum atomic E-state index is -0.413. The Morgan fingerprint density at radius 1 is 1.27 bits per heavy atom. The molecule has 1 saturated carbocycles. The second-order valence-electron chi connectivity index (χ2n) is 7.24. The molecule has 0 radical (unpaired) electrons. The van der Waals surface area contributed by atoms with E-state index in [1.165, 1.54) is 6.07 Å². The van der Waals surface area contributed by atoms with Gasteiger partial charge in [0.1, 0.15) is 18.2 Å². The Labute approximate surface area is 186 Å². The number of nitrogens with zero attached hydrogens (tertiary/aromatic N) is 1. The van der Waals surface area contributed by atoms with Gasteiger partial charge in [-0.15, -0.1) is 0 Å². The highest BCUT2D eigenvalue weighted by atomic mass is 127. The van der Waals surface area contributed by atoms with Crippen LogP contribution in [0.15, 0.2) is 35.1 Å². The molecule has 1 aromatic heterocycles. The number of methoxy groups -OCH3 is 1. The van der Waals surface area contributed by atoms with Crippen molar-refractivity contribution in [1.29, 1.82) is 0 Å². The molecule has 0 amide bonds. The van der Waals surface area contributed by atoms with Crippen LogP contribution in [0.25, 0.3) is 10.9 Å². The van der Waals surface area contributed by atoms with Crippen molar-refractivity contribution in [3.63, 3.8) is 0 Å². The maximum Gasteiger partial charge on any atom is 0.233 e. The van der Waals surface area contributed by atoms with E-state index in [0.29, 0.717) is 28.0 Å². The van der Waals surface area contributed by atoms with Gasteiger partial charge in [-0.25, -0.2) is 4.39 Å². The normalized spacial score (nSPS) is 13.5. The highest BCUT2D eigenvalue weighted by Crippen LogP contribution is 2.42. The number of aromatic nitrogens is 1. The fourth-order valence-corrected chi connectivity index (χ4v) is 4.12. The topological polar surface area (TPSA) is 72.7 Å². The molecule has 0 saturated heterocycles. The summed E-state index contributed by atoms with van der Waals surface area (Å²) < 4.78 is 28.5. The monoisotopic (exact) mass is 524 g/mol. The maximum absolute atomic E-state index is 14.5. The van der Waals surface area contributed by atoms with Crippen molar-refractivity contribution in [2.75, 3.05) is 25.6 Å². The van der Waals surface area contributed by atoms with Gasteiger partial charge in [-0.05, 0) is 60.6 Å². The zero-order valence-electron chi connectivity index (χ0n) is 16.7. The quantitative estimate of drug-likeness (QED) is 0.445. The summed E-state index contributed by atoms with van der Waals surface area (Å²) in [6.07, 6.45) is 2.01. The Morgan fingerprint density at radius 3 is 2.67 bits per heavy atom. The lowest BCUT2D eigenvalue weighted by molar-refractivity contribution is 0.198. The molecule has 3 aromatic rings. The summed E-state index contributed by atoms with van der Waals surface area (Å²) in [4.78, 5) is 13.4. The molecule has 6 nitrogen and oxygen atoms in total. The van der Waals surface area contributed by atoms with E-state index < -0.39 is 5.82 Å². The molecular formula is C22H22FIN2O4. The number of nitrogens with one attached hydrogen (secondary N) is 1. The van der Waals surface area contributed by atoms with Crippen LogP contribution in [0.5, 0.6) is 11.5 Å². The van der Waals surface area contributed by atoms with E-state index in [4.69, 9.17) is 9.47 Å². The SMILES string of the molecule is COc1cc(Nc2ccc(I)cc2F)c2c(=O)c(OCCO)c(C)n(C3CC3)c2c1. The van der Waals surface area contributed by atoms with Crippen LogP contribution in [-0.4, -0.2) is 30.0 Å². The number of aliphatic hydroxyl groups excluding tert-OH is 1. The Bertz CT molecular complexity index is 1170. The Morgan fingerprint density at radius 2 is 2.03 bits per heavy atom. The smallest absolute Gasteiger partial charge is 0.233 e. The van der Waals surface area contributed by atoms with Gasteiger partial charge in [-0.2, -0.15) is 0 Å². The summed E-state index contributed by atoms with van der Waals surface area (Å²) in [7, 11) is 1.56. The first-order valence-corrected chi connectivity index (χ1v) is 10.7.